The average molecular weight is 424 g/mol. The Labute approximate surface area is 181 Å². The number of pyridine rings is 1. The molecule has 31 heavy (non-hydrogen) atoms. The highest BCUT2D eigenvalue weighted by Gasteiger charge is 2.35. The molecule has 4 heterocycles. The number of nitrogens with zero attached hydrogens (tertiary/aromatic N) is 4. The fourth-order valence-corrected chi connectivity index (χ4v) is 5.16. The van der Waals surface area contributed by atoms with Crippen molar-refractivity contribution in [1.82, 2.24) is 25.2 Å². The lowest BCUT2D eigenvalue weighted by molar-refractivity contribution is -0.925. The van der Waals surface area contributed by atoms with Crippen LogP contribution in [0.3, 0.4) is 0 Å². The summed E-state index contributed by atoms with van der Waals surface area (Å²) < 4.78 is 7.71. The molecule has 0 radical (unpaired) electrons. The van der Waals surface area contributed by atoms with Gasteiger partial charge in [-0.1, -0.05) is 18.2 Å². The van der Waals surface area contributed by atoms with Gasteiger partial charge in [0.2, 0.25) is 5.82 Å². The molecule has 0 aliphatic carbocycles. The molecular formula is C23H31N6O2+. The Hall–Kier alpha value is -2.58. The van der Waals surface area contributed by atoms with Crippen molar-refractivity contribution in [3.8, 4) is 0 Å². The molecule has 2 N–H and O–H groups in total. The van der Waals surface area contributed by atoms with Gasteiger partial charge in [0.1, 0.15) is 0 Å². The minimum atomic E-state index is -0.192. The summed E-state index contributed by atoms with van der Waals surface area (Å²) in [6.45, 7) is 5.49. The van der Waals surface area contributed by atoms with Crippen molar-refractivity contribution in [2.75, 3.05) is 19.7 Å². The van der Waals surface area contributed by atoms with Crippen LogP contribution in [0.15, 0.2) is 29.1 Å². The summed E-state index contributed by atoms with van der Waals surface area (Å²) in [6, 6.07) is 7.98. The highest BCUT2D eigenvalue weighted by molar-refractivity contribution is 5.82. The van der Waals surface area contributed by atoms with E-state index < -0.39 is 0 Å². The summed E-state index contributed by atoms with van der Waals surface area (Å²) in [6.07, 6.45) is 7.03. The normalized spacial score (nSPS) is 21.4. The maximum Gasteiger partial charge on any atom is 0.258 e. The average Bonchev–Trinajstić information content (AvgIpc) is 3.37. The van der Waals surface area contributed by atoms with E-state index in [1.165, 1.54) is 17.7 Å². The first-order valence-electron chi connectivity index (χ1n) is 11.6. The Kier molecular flexibility index (Phi) is 5.82. The number of H-pyrrole nitrogens is 1. The predicted molar refractivity (Wildman–Crippen MR) is 117 cm³/mol. The van der Waals surface area contributed by atoms with Crippen molar-refractivity contribution < 1.29 is 9.64 Å². The van der Waals surface area contributed by atoms with Crippen molar-refractivity contribution in [3.63, 3.8) is 0 Å². The SMILES string of the molecule is Cc1cccc2cc([C@H](c3nnnn3C[C@@H]3CCCO3)[NH+]3CCCCCC3)c(=O)[nH]c12. The molecule has 2 aliphatic rings. The van der Waals surface area contributed by atoms with Crippen LogP contribution in [0, 0.1) is 6.92 Å². The fraction of sp³-hybridized carbons (Fsp3) is 0.565. The van der Waals surface area contributed by atoms with Crippen LogP contribution in [0.25, 0.3) is 10.9 Å². The first kappa shape index (κ1) is 20.3. The van der Waals surface area contributed by atoms with E-state index in [1.807, 2.05) is 23.7 Å². The van der Waals surface area contributed by atoms with Gasteiger partial charge in [-0.3, -0.25) is 4.79 Å². The Bertz CT molecular complexity index is 1090. The van der Waals surface area contributed by atoms with Crippen LogP contribution < -0.4 is 10.5 Å². The monoisotopic (exact) mass is 423 g/mol. The number of fused-ring (bicyclic) bond motifs is 1. The van der Waals surface area contributed by atoms with Crippen LogP contribution in [-0.4, -0.2) is 51.0 Å². The molecular weight excluding hydrogens is 392 g/mol. The maximum atomic E-state index is 13.3. The Morgan fingerprint density at radius 3 is 2.84 bits per heavy atom. The molecule has 2 aliphatic heterocycles. The van der Waals surface area contributed by atoms with E-state index in [4.69, 9.17) is 4.74 Å². The van der Waals surface area contributed by atoms with E-state index in [0.717, 1.165) is 73.2 Å². The number of aryl methyl sites for hydroxylation is 1. The maximum absolute atomic E-state index is 13.3. The van der Waals surface area contributed by atoms with Gasteiger partial charge in [-0.2, -0.15) is 0 Å². The molecule has 0 saturated carbocycles. The minimum Gasteiger partial charge on any atom is -0.376 e. The Balaban J connectivity index is 1.60. The van der Waals surface area contributed by atoms with E-state index in [9.17, 15) is 4.79 Å². The van der Waals surface area contributed by atoms with Gasteiger partial charge in [-0.05, 0) is 72.9 Å². The van der Waals surface area contributed by atoms with E-state index in [0.29, 0.717) is 6.54 Å². The third-order valence-corrected chi connectivity index (χ3v) is 6.80. The molecule has 1 aromatic carbocycles. The number of aromatic amines is 1. The summed E-state index contributed by atoms with van der Waals surface area (Å²) in [7, 11) is 0. The molecule has 0 spiro atoms. The van der Waals surface area contributed by atoms with Gasteiger partial charge >= 0.3 is 0 Å². The number of nitrogens with one attached hydrogen (secondary N) is 2. The number of quaternary nitrogens is 1. The van der Waals surface area contributed by atoms with E-state index in [2.05, 4.69) is 32.6 Å². The molecule has 2 saturated heterocycles. The summed E-state index contributed by atoms with van der Waals surface area (Å²) in [5.41, 5.74) is 2.68. The van der Waals surface area contributed by atoms with Gasteiger partial charge in [0.05, 0.1) is 36.8 Å². The molecule has 0 amide bonds. The molecule has 8 heteroatoms. The standard InChI is InChI=1S/C23H30N6O2/c1-16-8-6-9-17-14-19(23(30)24-20(16)17)21(28-11-4-2-3-5-12-28)22-25-26-27-29(22)15-18-10-7-13-31-18/h6,8-9,14,18,21H,2-5,7,10-13,15H2,1H3,(H,24,30)/p+1/t18-,21+/m0/s1. The number of hydrogen-bond acceptors (Lipinski definition) is 5. The Morgan fingerprint density at radius 1 is 1.23 bits per heavy atom. The van der Waals surface area contributed by atoms with Gasteiger partial charge < -0.3 is 14.6 Å². The number of para-hydroxylation sites is 1. The van der Waals surface area contributed by atoms with E-state index >= 15 is 0 Å². The van der Waals surface area contributed by atoms with Gasteiger partial charge in [-0.25, -0.2) is 4.68 Å². The fourth-order valence-electron chi connectivity index (χ4n) is 5.16. The first-order valence-corrected chi connectivity index (χ1v) is 11.6. The largest absolute Gasteiger partial charge is 0.376 e. The first-order chi connectivity index (χ1) is 15.2. The number of aromatic nitrogens is 5. The second-order valence-electron chi connectivity index (χ2n) is 8.95. The topological polar surface area (TPSA) is 90.1 Å². The zero-order valence-electron chi connectivity index (χ0n) is 18.1. The van der Waals surface area contributed by atoms with E-state index in [-0.39, 0.29) is 17.7 Å². The quantitative estimate of drug-likeness (QED) is 0.650. The predicted octanol–water partition coefficient (Wildman–Crippen LogP) is 1.55. The molecule has 2 aromatic heterocycles. The van der Waals surface area contributed by atoms with Crippen LogP contribution >= 0.6 is 0 Å². The molecule has 164 valence electrons. The molecule has 8 nitrogen and oxygen atoms in total. The third kappa shape index (κ3) is 4.14. The van der Waals surface area contributed by atoms with Crippen molar-refractivity contribution in [1.29, 1.82) is 0 Å². The highest BCUT2D eigenvalue weighted by atomic mass is 16.5. The van der Waals surface area contributed by atoms with Crippen molar-refractivity contribution in [2.45, 2.75) is 64.1 Å². The summed E-state index contributed by atoms with van der Waals surface area (Å²) in [5, 5.41) is 13.8. The summed E-state index contributed by atoms with van der Waals surface area (Å²) in [5.74, 6) is 0.768. The van der Waals surface area contributed by atoms with Gasteiger partial charge in [0, 0.05) is 6.61 Å². The summed E-state index contributed by atoms with van der Waals surface area (Å²) >= 11 is 0. The molecule has 0 unspecified atom stereocenters. The summed E-state index contributed by atoms with van der Waals surface area (Å²) in [4.78, 5) is 17.9. The number of rotatable bonds is 5. The molecule has 0 bridgehead atoms. The number of ether oxygens (including phenoxy) is 1. The van der Waals surface area contributed by atoms with Gasteiger partial charge in [0.15, 0.2) is 6.04 Å². The van der Waals surface area contributed by atoms with Crippen molar-refractivity contribution in [2.24, 2.45) is 0 Å². The van der Waals surface area contributed by atoms with Crippen LogP contribution in [0.4, 0.5) is 0 Å². The lowest BCUT2D eigenvalue weighted by Gasteiger charge is -2.27. The second-order valence-corrected chi connectivity index (χ2v) is 8.95. The zero-order chi connectivity index (χ0) is 21.2. The zero-order valence-corrected chi connectivity index (χ0v) is 18.1. The highest BCUT2D eigenvalue weighted by Crippen LogP contribution is 2.22. The number of hydrogen-bond donors (Lipinski definition) is 2. The lowest BCUT2D eigenvalue weighted by atomic mass is 10.0. The smallest absolute Gasteiger partial charge is 0.258 e. The number of benzene rings is 1. The van der Waals surface area contributed by atoms with Crippen LogP contribution in [-0.2, 0) is 11.3 Å². The molecule has 5 rings (SSSR count). The second kappa shape index (κ2) is 8.88. The Morgan fingerprint density at radius 2 is 2.06 bits per heavy atom. The molecule has 2 atom stereocenters. The van der Waals surface area contributed by atoms with Crippen molar-refractivity contribution in [3.05, 3.63) is 51.6 Å². The van der Waals surface area contributed by atoms with Crippen LogP contribution in [0.5, 0.6) is 0 Å². The number of likely N-dealkylation sites (tertiary alicyclic amines) is 1. The molecule has 2 fully saturated rings. The van der Waals surface area contributed by atoms with Crippen LogP contribution in [0.1, 0.15) is 61.5 Å². The van der Waals surface area contributed by atoms with Crippen LogP contribution in [0.2, 0.25) is 0 Å². The number of tetrazole rings is 1. The minimum absolute atomic E-state index is 0.0461. The van der Waals surface area contributed by atoms with E-state index in [1.54, 1.807) is 0 Å². The van der Waals surface area contributed by atoms with Crippen molar-refractivity contribution >= 4 is 10.9 Å². The lowest BCUT2D eigenvalue weighted by Crippen LogP contribution is -3.12. The molecule has 3 aromatic rings. The third-order valence-electron chi connectivity index (χ3n) is 6.80. The van der Waals surface area contributed by atoms with Gasteiger partial charge in [0.25, 0.3) is 5.56 Å². The van der Waals surface area contributed by atoms with Gasteiger partial charge in [-0.15, -0.1) is 5.10 Å².